The molecule has 116 valence electrons. The lowest BCUT2D eigenvalue weighted by molar-refractivity contribution is -0.115. The van der Waals surface area contributed by atoms with Crippen LogP contribution in [-0.2, 0) is 9.63 Å². The molecule has 1 rings (SSSR count). The van der Waals surface area contributed by atoms with Crippen molar-refractivity contribution < 1.29 is 19.1 Å². The fourth-order valence-corrected chi connectivity index (χ4v) is 1.77. The summed E-state index contributed by atoms with van der Waals surface area (Å²) in [6.07, 6.45) is 1.09. The lowest BCUT2D eigenvalue weighted by atomic mass is 10.1. The Morgan fingerprint density at radius 1 is 1.29 bits per heavy atom. The van der Waals surface area contributed by atoms with Gasteiger partial charge in [0.2, 0.25) is 0 Å². The largest absolute Gasteiger partial charge is 0.490 e. The number of oxime groups is 1. The van der Waals surface area contributed by atoms with Gasteiger partial charge in [0.1, 0.15) is 13.3 Å². The quantitative estimate of drug-likeness (QED) is 0.590. The summed E-state index contributed by atoms with van der Waals surface area (Å²) < 4.78 is 11.1. The molecule has 0 spiro atoms. The fraction of sp³-hybridized carbons (Fsp3) is 0.467. The smallest absolute Gasteiger partial charge is 0.266 e. The Kier molecular flexibility index (Phi) is 7.08. The first-order valence-electron chi connectivity index (χ1n) is 6.88. The molecule has 1 atom stereocenters. The molecule has 1 N–H and O–H groups in total. The zero-order chi connectivity index (χ0) is 15.7. The van der Waals surface area contributed by atoms with Crippen LogP contribution in [0.4, 0.5) is 0 Å². The van der Waals surface area contributed by atoms with E-state index in [0.717, 1.165) is 11.8 Å². The maximum Gasteiger partial charge on any atom is 0.266 e. The molecule has 0 radical (unpaired) electrons. The van der Waals surface area contributed by atoms with Crippen LogP contribution in [0.3, 0.4) is 0 Å². The van der Waals surface area contributed by atoms with Crippen molar-refractivity contribution in [2.24, 2.45) is 5.16 Å². The average molecular weight is 294 g/mol. The van der Waals surface area contributed by atoms with Gasteiger partial charge in [0.25, 0.3) is 5.91 Å². The molecule has 0 aromatic heterocycles. The van der Waals surface area contributed by atoms with Crippen molar-refractivity contribution in [3.05, 3.63) is 23.8 Å². The van der Waals surface area contributed by atoms with E-state index in [9.17, 15) is 4.79 Å². The second kappa shape index (κ2) is 8.84. The van der Waals surface area contributed by atoms with E-state index in [0.29, 0.717) is 24.7 Å². The molecule has 21 heavy (non-hydrogen) atoms. The molecule has 6 nitrogen and oxygen atoms in total. The molecule has 1 amide bonds. The van der Waals surface area contributed by atoms with Crippen molar-refractivity contribution in [1.82, 2.24) is 5.32 Å². The van der Waals surface area contributed by atoms with Gasteiger partial charge in [0.05, 0.1) is 19.3 Å². The first-order chi connectivity index (χ1) is 10.1. The highest BCUT2D eigenvalue weighted by Gasteiger charge is 2.12. The Bertz CT molecular complexity index is 489. The fourth-order valence-electron chi connectivity index (χ4n) is 1.77. The minimum Gasteiger partial charge on any atom is -0.490 e. The molecule has 0 saturated carbocycles. The molecule has 1 aromatic carbocycles. The van der Waals surface area contributed by atoms with Crippen molar-refractivity contribution >= 4 is 12.1 Å². The van der Waals surface area contributed by atoms with E-state index in [-0.39, 0.29) is 11.9 Å². The summed E-state index contributed by atoms with van der Waals surface area (Å²) >= 11 is 0. The zero-order valence-corrected chi connectivity index (χ0v) is 12.9. The molecule has 1 unspecified atom stereocenters. The Hall–Kier alpha value is -2.24. The zero-order valence-electron chi connectivity index (χ0n) is 12.9. The topological polar surface area (TPSA) is 69.2 Å². The third-order valence-electron chi connectivity index (χ3n) is 2.70. The SMILES string of the molecule is CCOc1ccc(C(C)NC(=O)/C=N/OC)cc1OCC. The normalized spacial score (nSPS) is 12.0. The van der Waals surface area contributed by atoms with Crippen LogP contribution in [0.1, 0.15) is 32.4 Å². The Balaban J connectivity index is 2.84. The molecular weight excluding hydrogens is 272 g/mol. The summed E-state index contributed by atoms with van der Waals surface area (Å²) in [5.74, 6) is 1.04. The number of carbonyl (C=O) groups excluding carboxylic acids is 1. The second-order valence-electron chi connectivity index (χ2n) is 4.22. The van der Waals surface area contributed by atoms with Gasteiger partial charge in [-0.15, -0.1) is 0 Å². The summed E-state index contributed by atoms with van der Waals surface area (Å²) in [5.41, 5.74) is 0.918. The number of nitrogens with zero attached hydrogens (tertiary/aromatic N) is 1. The summed E-state index contributed by atoms with van der Waals surface area (Å²) in [5, 5.41) is 6.21. The maximum absolute atomic E-state index is 11.6. The highest BCUT2D eigenvalue weighted by molar-refractivity contribution is 6.26. The molecule has 0 heterocycles. The summed E-state index contributed by atoms with van der Waals surface area (Å²) in [6.45, 7) is 6.82. The van der Waals surface area contributed by atoms with E-state index in [4.69, 9.17) is 9.47 Å². The minimum atomic E-state index is -0.323. The highest BCUT2D eigenvalue weighted by atomic mass is 16.6. The Morgan fingerprint density at radius 2 is 1.95 bits per heavy atom. The number of carbonyl (C=O) groups is 1. The summed E-state index contributed by atoms with van der Waals surface area (Å²) in [6, 6.07) is 5.42. The van der Waals surface area contributed by atoms with Crippen LogP contribution in [0.5, 0.6) is 11.5 Å². The molecule has 0 aliphatic rings. The minimum absolute atomic E-state index is 0.185. The van der Waals surface area contributed by atoms with Crippen LogP contribution in [0.25, 0.3) is 0 Å². The average Bonchev–Trinajstić information content (AvgIpc) is 2.47. The number of benzene rings is 1. The molecule has 0 bridgehead atoms. The van der Waals surface area contributed by atoms with E-state index in [1.54, 1.807) is 0 Å². The van der Waals surface area contributed by atoms with Crippen molar-refractivity contribution in [2.45, 2.75) is 26.8 Å². The molecule has 0 aliphatic heterocycles. The van der Waals surface area contributed by atoms with Crippen LogP contribution in [-0.4, -0.2) is 32.4 Å². The number of amides is 1. The van der Waals surface area contributed by atoms with Crippen molar-refractivity contribution in [3.63, 3.8) is 0 Å². The predicted octanol–water partition coefficient (Wildman–Crippen LogP) is 2.29. The molecule has 0 aliphatic carbocycles. The van der Waals surface area contributed by atoms with E-state index < -0.39 is 0 Å². The van der Waals surface area contributed by atoms with Crippen LogP contribution in [0.2, 0.25) is 0 Å². The third kappa shape index (κ3) is 5.33. The molecule has 0 saturated heterocycles. The van der Waals surface area contributed by atoms with E-state index in [1.807, 2.05) is 39.0 Å². The maximum atomic E-state index is 11.6. The van der Waals surface area contributed by atoms with Crippen molar-refractivity contribution in [1.29, 1.82) is 0 Å². The van der Waals surface area contributed by atoms with Crippen LogP contribution in [0.15, 0.2) is 23.4 Å². The van der Waals surface area contributed by atoms with Crippen LogP contribution < -0.4 is 14.8 Å². The van der Waals surface area contributed by atoms with Crippen molar-refractivity contribution in [3.8, 4) is 11.5 Å². The van der Waals surface area contributed by atoms with Gasteiger partial charge in [-0.1, -0.05) is 11.2 Å². The van der Waals surface area contributed by atoms with Gasteiger partial charge in [-0.25, -0.2) is 0 Å². The van der Waals surface area contributed by atoms with Gasteiger partial charge >= 0.3 is 0 Å². The molecular formula is C15H22N2O4. The lowest BCUT2D eigenvalue weighted by Crippen LogP contribution is -2.27. The van der Waals surface area contributed by atoms with Gasteiger partial charge < -0.3 is 19.6 Å². The first-order valence-corrected chi connectivity index (χ1v) is 6.88. The number of hydrogen-bond acceptors (Lipinski definition) is 5. The number of rotatable bonds is 8. The van der Waals surface area contributed by atoms with E-state index in [1.165, 1.54) is 7.11 Å². The summed E-state index contributed by atoms with van der Waals surface area (Å²) in [7, 11) is 1.38. The lowest BCUT2D eigenvalue weighted by Gasteiger charge is -2.16. The number of ether oxygens (including phenoxy) is 2. The van der Waals surface area contributed by atoms with Gasteiger partial charge in [0.15, 0.2) is 11.5 Å². The van der Waals surface area contributed by atoms with Gasteiger partial charge in [-0.2, -0.15) is 0 Å². The standard InChI is InChI=1S/C15H22N2O4/c1-5-20-13-8-7-12(9-14(13)21-6-2)11(3)17-15(18)10-16-19-4/h7-11H,5-6H2,1-4H3,(H,17,18)/b16-10+. The summed E-state index contributed by atoms with van der Waals surface area (Å²) in [4.78, 5) is 16.0. The Morgan fingerprint density at radius 3 is 2.57 bits per heavy atom. The first kappa shape index (κ1) is 16.8. The van der Waals surface area contributed by atoms with Crippen molar-refractivity contribution in [2.75, 3.05) is 20.3 Å². The number of hydrogen-bond donors (Lipinski definition) is 1. The Labute approximate surface area is 125 Å². The van der Waals surface area contributed by atoms with E-state index >= 15 is 0 Å². The van der Waals surface area contributed by atoms with Gasteiger partial charge in [-0.3, -0.25) is 4.79 Å². The molecule has 0 fully saturated rings. The second-order valence-corrected chi connectivity index (χ2v) is 4.22. The van der Waals surface area contributed by atoms with Crippen LogP contribution in [0, 0.1) is 0 Å². The van der Waals surface area contributed by atoms with Crippen LogP contribution >= 0.6 is 0 Å². The number of nitrogens with one attached hydrogen (secondary N) is 1. The predicted molar refractivity (Wildman–Crippen MR) is 80.8 cm³/mol. The molecule has 6 heteroatoms. The highest BCUT2D eigenvalue weighted by Crippen LogP contribution is 2.30. The van der Waals surface area contributed by atoms with E-state index in [2.05, 4.69) is 15.3 Å². The molecule has 1 aromatic rings. The third-order valence-corrected chi connectivity index (χ3v) is 2.70. The van der Waals surface area contributed by atoms with Gasteiger partial charge in [-0.05, 0) is 38.5 Å². The monoisotopic (exact) mass is 294 g/mol. The van der Waals surface area contributed by atoms with Gasteiger partial charge in [0, 0.05) is 0 Å².